The fourth-order valence-corrected chi connectivity index (χ4v) is 2.55. The van der Waals surface area contributed by atoms with Gasteiger partial charge in [-0.3, -0.25) is 4.99 Å². The van der Waals surface area contributed by atoms with Gasteiger partial charge in [0.25, 0.3) is 0 Å². The molecule has 0 spiro atoms. The Balaban J connectivity index is 0.00000242. The van der Waals surface area contributed by atoms with Gasteiger partial charge in [0.05, 0.1) is 0 Å². The molecule has 0 saturated heterocycles. The Morgan fingerprint density at radius 3 is 2.73 bits per heavy atom. The highest BCUT2D eigenvalue weighted by Gasteiger charge is 2.05. The maximum Gasteiger partial charge on any atom is 0.191 e. The summed E-state index contributed by atoms with van der Waals surface area (Å²) in [6, 6.07) is 7.50. The lowest BCUT2D eigenvalue weighted by molar-refractivity contribution is 0.581. The van der Waals surface area contributed by atoms with Crippen LogP contribution in [0.25, 0.3) is 0 Å². The monoisotopic (exact) mass is 437 g/mol. The first-order valence-corrected chi connectivity index (χ1v) is 7.48. The van der Waals surface area contributed by atoms with E-state index in [2.05, 4.69) is 21.7 Å². The lowest BCUT2D eigenvalue weighted by atomic mass is 10.2. The van der Waals surface area contributed by atoms with E-state index in [0.717, 1.165) is 25.1 Å². The Morgan fingerprint density at radius 2 is 2.05 bits per heavy atom. The van der Waals surface area contributed by atoms with Crippen molar-refractivity contribution in [3.8, 4) is 0 Å². The SMILES string of the molecule is CN=C(NCCc1cccs1)NCc1cc(F)ccc1F.I. The molecule has 0 bridgehead atoms. The molecule has 22 heavy (non-hydrogen) atoms. The number of benzene rings is 1. The smallest absolute Gasteiger partial charge is 0.191 e. The number of halogens is 3. The average Bonchev–Trinajstić information content (AvgIpc) is 2.99. The van der Waals surface area contributed by atoms with Gasteiger partial charge in [-0.2, -0.15) is 0 Å². The first kappa shape index (κ1) is 18.8. The fourth-order valence-electron chi connectivity index (χ4n) is 1.84. The van der Waals surface area contributed by atoms with Crippen molar-refractivity contribution in [1.82, 2.24) is 10.6 Å². The van der Waals surface area contributed by atoms with E-state index >= 15 is 0 Å². The summed E-state index contributed by atoms with van der Waals surface area (Å²) < 4.78 is 26.6. The van der Waals surface area contributed by atoms with Crippen molar-refractivity contribution in [3.63, 3.8) is 0 Å². The van der Waals surface area contributed by atoms with Crippen LogP contribution in [0.3, 0.4) is 0 Å². The van der Waals surface area contributed by atoms with Crippen LogP contribution in [0.4, 0.5) is 8.78 Å². The van der Waals surface area contributed by atoms with Crippen LogP contribution in [-0.2, 0) is 13.0 Å². The molecule has 120 valence electrons. The molecule has 0 aliphatic carbocycles. The van der Waals surface area contributed by atoms with Crippen LogP contribution < -0.4 is 10.6 Å². The van der Waals surface area contributed by atoms with Gasteiger partial charge >= 0.3 is 0 Å². The highest BCUT2D eigenvalue weighted by molar-refractivity contribution is 14.0. The summed E-state index contributed by atoms with van der Waals surface area (Å²) in [4.78, 5) is 5.34. The Labute approximate surface area is 149 Å². The highest BCUT2D eigenvalue weighted by Crippen LogP contribution is 2.09. The van der Waals surface area contributed by atoms with Crippen LogP contribution in [0.15, 0.2) is 40.7 Å². The van der Waals surface area contributed by atoms with Gasteiger partial charge in [0.1, 0.15) is 11.6 Å². The number of nitrogens with zero attached hydrogens (tertiary/aromatic N) is 1. The summed E-state index contributed by atoms with van der Waals surface area (Å²) in [5.41, 5.74) is 0.274. The standard InChI is InChI=1S/C15H17F2N3S.HI/c1-18-15(19-7-6-13-3-2-8-21-13)20-10-11-9-12(16)4-5-14(11)17;/h2-5,8-9H,6-7,10H2,1H3,(H2,18,19,20);1H. The second kappa shape index (κ2) is 9.73. The van der Waals surface area contributed by atoms with Crippen molar-refractivity contribution in [1.29, 1.82) is 0 Å². The first-order valence-electron chi connectivity index (χ1n) is 6.60. The van der Waals surface area contributed by atoms with Gasteiger partial charge in [-0.1, -0.05) is 6.07 Å². The summed E-state index contributed by atoms with van der Waals surface area (Å²) in [6.45, 7) is 0.911. The van der Waals surface area contributed by atoms with E-state index in [1.807, 2.05) is 11.4 Å². The lowest BCUT2D eigenvalue weighted by Gasteiger charge is -2.12. The van der Waals surface area contributed by atoms with Crippen LogP contribution in [-0.4, -0.2) is 19.6 Å². The van der Waals surface area contributed by atoms with Gasteiger partial charge in [-0.05, 0) is 36.1 Å². The van der Waals surface area contributed by atoms with E-state index in [0.29, 0.717) is 5.96 Å². The molecule has 0 amide bonds. The summed E-state index contributed by atoms with van der Waals surface area (Å²) in [7, 11) is 1.64. The largest absolute Gasteiger partial charge is 0.356 e. The molecule has 3 nitrogen and oxygen atoms in total. The quantitative estimate of drug-likeness (QED) is 0.427. The third-order valence-electron chi connectivity index (χ3n) is 2.92. The number of hydrogen-bond acceptors (Lipinski definition) is 2. The summed E-state index contributed by atoms with van der Waals surface area (Å²) in [5, 5.41) is 8.15. The molecular formula is C15H18F2IN3S. The van der Waals surface area contributed by atoms with Crippen molar-refractivity contribution in [2.75, 3.05) is 13.6 Å². The Bertz CT molecular complexity index is 603. The van der Waals surface area contributed by atoms with Crippen LogP contribution in [0.1, 0.15) is 10.4 Å². The van der Waals surface area contributed by atoms with E-state index in [9.17, 15) is 8.78 Å². The van der Waals surface area contributed by atoms with E-state index in [4.69, 9.17) is 0 Å². The second-order valence-electron chi connectivity index (χ2n) is 4.42. The summed E-state index contributed by atoms with van der Waals surface area (Å²) in [5.74, 6) is -0.318. The molecular weight excluding hydrogens is 419 g/mol. The van der Waals surface area contributed by atoms with E-state index in [1.54, 1.807) is 18.4 Å². The third kappa shape index (κ3) is 5.88. The molecule has 0 fully saturated rings. The van der Waals surface area contributed by atoms with Crippen LogP contribution in [0, 0.1) is 11.6 Å². The molecule has 2 aromatic rings. The van der Waals surface area contributed by atoms with Crippen molar-refractivity contribution >= 4 is 41.3 Å². The van der Waals surface area contributed by atoms with Gasteiger partial charge in [-0.25, -0.2) is 8.78 Å². The zero-order valence-electron chi connectivity index (χ0n) is 12.1. The van der Waals surface area contributed by atoms with Crippen LogP contribution >= 0.6 is 35.3 Å². The molecule has 1 heterocycles. The molecule has 0 aliphatic rings. The Morgan fingerprint density at radius 1 is 1.23 bits per heavy atom. The van der Waals surface area contributed by atoms with Crippen LogP contribution in [0.2, 0.25) is 0 Å². The number of hydrogen-bond donors (Lipinski definition) is 2. The van der Waals surface area contributed by atoms with Crippen molar-refractivity contribution in [2.45, 2.75) is 13.0 Å². The maximum absolute atomic E-state index is 13.5. The Hall–Kier alpha value is -1.22. The number of aliphatic imine (C=N–C) groups is 1. The molecule has 0 saturated carbocycles. The number of thiophene rings is 1. The minimum absolute atomic E-state index is 0. The van der Waals surface area contributed by atoms with Gasteiger partial charge < -0.3 is 10.6 Å². The summed E-state index contributed by atoms with van der Waals surface area (Å²) >= 11 is 1.70. The van der Waals surface area contributed by atoms with E-state index in [1.165, 1.54) is 10.9 Å². The van der Waals surface area contributed by atoms with Gasteiger partial charge in [0.15, 0.2) is 5.96 Å². The zero-order chi connectivity index (χ0) is 15.1. The molecule has 0 radical (unpaired) electrons. The second-order valence-corrected chi connectivity index (χ2v) is 5.45. The normalized spacial score (nSPS) is 11.0. The molecule has 1 aromatic heterocycles. The van der Waals surface area contributed by atoms with Crippen molar-refractivity contribution in [3.05, 3.63) is 57.8 Å². The lowest BCUT2D eigenvalue weighted by Crippen LogP contribution is -2.38. The molecule has 0 unspecified atom stereocenters. The highest BCUT2D eigenvalue weighted by atomic mass is 127. The maximum atomic E-state index is 13.5. The fraction of sp³-hybridized carbons (Fsp3) is 0.267. The molecule has 2 N–H and O–H groups in total. The van der Waals surface area contributed by atoms with Crippen molar-refractivity contribution in [2.24, 2.45) is 4.99 Å². The van der Waals surface area contributed by atoms with E-state index in [-0.39, 0.29) is 36.1 Å². The first-order chi connectivity index (χ1) is 10.2. The van der Waals surface area contributed by atoms with Crippen LogP contribution in [0.5, 0.6) is 0 Å². The number of guanidine groups is 1. The topological polar surface area (TPSA) is 36.4 Å². The molecule has 1 aromatic carbocycles. The zero-order valence-corrected chi connectivity index (χ0v) is 15.3. The third-order valence-corrected chi connectivity index (χ3v) is 3.86. The molecule has 7 heteroatoms. The van der Waals surface area contributed by atoms with Gasteiger partial charge in [0, 0.05) is 30.6 Å². The predicted molar refractivity (Wildman–Crippen MR) is 98.0 cm³/mol. The van der Waals surface area contributed by atoms with Gasteiger partial charge in [-0.15, -0.1) is 35.3 Å². The summed E-state index contributed by atoms with van der Waals surface area (Å²) in [6.07, 6.45) is 0.896. The van der Waals surface area contributed by atoms with Crippen molar-refractivity contribution < 1.29 is 8.78 Å². The molecule has 0 atom stereocenters. The minimum Gasteiger partial charge on any atom is -0.356 e. The average molecular weight is 437 g/mol. The van der Waals surface area contributed by atoms with E-state index < -0.39 is 11.6 Å². The minimum atomic E-state index is -0.450. The molecule has 0 aliphatic heterocycles. The van der Waals surface area contributed by atoms with Gasteiger partial charge in [0.2, 0.25) is 0 Å². The number of rotatable bonds is 5. The number of nitrogens with one attached hydrogen (secondary N) is 2. The Kier molecular flexibility index (Phi) is 8.32. The molecule has 2 rings (SSSR count). The predicted octanol–water partition coefficient (Wildman–Crippen LogP) is 3.55.